The Hall–Kier alpha value is -1.39. The molecule has 0 spiro atoms. The van der Waals surface area contributed by atoms with E-state index >= 15 is 0 Å². The molecule has 1 aromatic carbocycles. The molecule has 4 nitrogen and oxygen atoms in total. The first-order chi connectivity index (χ1) is 7.71. The predicted molar refractivity (Wildman–Crippen MR) is 64.1 cm³/mol. The topological polar surface area (TPSA) is 67.2 Å². The Balaban J connectivity index is 2.02. The number of nitrogens with one attached hydrogen (secondary N) is 2. The molecule has 16 heavy (non-hydrogen) atoms. The van der Waals surface area contributed by atoms with E-state index in [9.17, 15) is 4.79 Å². The number of para-hydroxylation sites is 1. The molecule has 0 saturated carbocycles. The van der Waals surface area contributed by atoms with E-state index < -0.39 is 5.54 Å². The number of hydrogen-bond acceptors (Lipinski definition) is 3. The molecule has 1 amide bonds. The van der Waals surface area contributed by atoms with E-state index in [1.54, 1.807) is 0 Å². The van der Waals surface area contributed by atoms with Crippen LogP contribution in [0.1, 0.15) is 12.8 Å². The molecule has 86 valence electrons. The van der Waals surface area contributed by atoms with Crippen molar-refractivity contribution in [2.24, 2.45) is 5.73 Å². The van der Waals surface area contributed by atoms with Gasteiger partial charge in [0.25, 0.3) is 0 Å². The van der Waals surface area contributed by atoms with Crippen LogP contribution >= 0.6 is 0 Å². The third-order valence-corrected chi connectivity index (χ3v) is 2.98. The number of carbonyl (C=O) groups excluding carboxylic acids is 1. The highest BCUT2D eigenvalue weighted by Crippen LogP contribution is 2.17. The van der Waals surface area contributed by atoms with Crippen LogP contribution in [0, 0.1) is 0 Å². The summed E-state index contributed by atoms with van der Waals surface area (Å²) in [6.07, 6.45) is 1.37. The van der Waals surface area contributed by atoms with Gasteiger partial charge in [0.1, 0.15) is 0 Å². The molecule has 0 aromatic heterocycles. The van der Waals surface area contributed by atoms with Crippen molar-refractivity contribution in [3.63, 3.8) is 0 Å². The summed E-state index contributed by atoms with van der Waals surface area (Å²) in [4.78, 5) is 12.0. The Morgan fingerprint density at radius 1 is 1.25 bits per heavy atom. The molecule has 0 atom stereocenters. The Morgan fingerprint density at radius 2 is 1.88 bits per heavy atom. The summed E-state index contributed by atoms with van der Waals surface area (Å²) < 4.78 is 0. The highest BCUT2D eigenvalue weighted by Gasteiger charge is 2.35. The van der Waals surface area contributed by atoms with Gasteiger partial charge in [0.15, 0.2) is 0 Å². The number of rotatable bonds is 2. The Labute approximate surface area is 95.2 Å². The van der Waals surface area contributed by atoms with Crippen molar-refractivity contribution < 1.29 is 4.79 Å². The van der Waals surface area contributed by atoms with Gasteiger partial charge in [0, 0.05) is 5.69 Å². The minimum Gasteiger partial charge on any atom is -0.324 e. The van der Waals surface area contributed by atoms with Gasteiger partial charge in [-0.15, -0.1) is 0 Å². The smallest absolute Gasteiger partial charge is 0.244 e. The predicted octanol–water partition coefficient (Wildman–Crippen LogP) is 0.706. The molecule has 0 aliphatic carbocycles. The molecule has 2 rings (SSSR count). The molecule has 1 fully saturated rings. The van der Waals surface area contributed by atoms with Gasteiger partial charge in [0.05, 0.1) is 5.54 Å². The van der Waals surface area contributed by atoms with Gasteiger partial charge >= 0.3 is 0 Å². The van der Waals surface area contributed by atoms with E-state index in [1.165, 1.54) is 0 Å². The number of hydrogen-bond donors (Lipinski definition) is 3. The molecule has 4 heteroatoms. The number of amides is 1. The van der Waals surface area contributed by atoms with Gasteiger partial charge in [0.2, 0.25) is 5.91 Å². The van der Waals surface area contributed by atoms with Crippen LogP contribution in [0.15, 0.2) is 30.3 Å². The average Bonchev–Trinajstić information content (AvgIpc) is 2.31. The van der Waals surface area contributed by atoms with Crippen molar-refractivity contribution in [1.82, 2.24) is 5.32 Å². The lowest BCUT2D eigenvalue weighted by molar-refractivity contribution is -0.122. The number of nitrogens with two attached hydrogens (primary N) is 1. The van der Waals surface area contributed by atoms with E-state index in [-0.39, 0.29) is 5.91 Å². The zero-order valence-electron chi connectivity index (χ0n) is 9.20. The largest absolute Gasteiger partial charge is 0.324 e. The second-order valence-electron chi connectivity index (χ2n) is 4.23. The van der Waals surface area contributed by atoms with Crippen LogP contribution in [-0.4, -0.2) is 24.5 Å². The normalized spacial score (nSPS) is 19.1. The first-order valence-corrected chi connectivity index (χ1v) is 5.57. The maximum absolute atomic E-state index is 12.0. The molecule has 0 radical (unpaired) electrons. The second kappa shape index (κ2) is 4.63. The highest BCUT2D eigenvalue weighted by molar-refractivity contribution is 5.98. The van der Waals surface area contributed by atoms with Crippen LogP contribution in [0.4, 0.5) is 5.69 Å². The standard InChI is InChI=1S/C12H17N3O/c13-12(6-8-14-9-7-12)11(16)15-10-4-2-1-3-5-10/h1-5,14H,6-9,13H2,(H,15,16). The fraction of sp³-hybridized carbons (Fsp3) is 0.417. The Kier molecular flexibility index (Phi) is 3.22. The van der Waals surface area contributed by atoms with Crippen molar-refractivity contribution in [3.8, 4) is 0 Å². The maximum atomic E-state index is 12.0. The lowest BCUT2D eigenvalue weighted by atomic mass is 9.88. The summed E-state index contributed by atoms with van der Waals surface area (Å²) in [5.41, 5.74) is 6.18. The molecule has 4 N–H and O–H groups in total. The van der Waals surface area contributed by atoms with Gasteiger partial charge in [-0.25, -0.2) is 0 Å². The summed E-state index contributed by atoms with van der Waals surface area (Å²) in [5.74, 6) is -0.0831. The molecule has 0 bridgehead atoms. The van der Waals surface area contributed by atoms with Crippen molar-refractivity contribution in [2.45, 2.75) is 18.4 Å². The van der Waals surface area contributed by atoms with Crippen molar-refractivity contribution in [2.75, 3.05) is 18.4 Å². The lowest BCUT2D eigenvalue weighted by Crippen LogP contribution is -2.56. The highest BCUT2D eigenvalue weighted by atomic mass is 16.2. The van der Waals surface area contributed by atoms with E-state index in [1.807, 2.05) is 30.3 Å². The van der Waals surface area contributed by atoms with Gasteiger partial charge in [-0.2, -0.15) is 0 Å². The fourth-order valence-electron chi connectivity index (χ4n) is 1.88. The van der Waals surface area contributed by atoms with Crippen LogP contribution in [-0.2, 0) is 4.79 Å². The average molecular weight is 219 g/mol. The SMILES string of the molecule is NC1(C(=O)Nc2ccccc2)CCNCC1. The second-order valence-corrected chi connectivity index (χ2v) is 4.23. The van der Waals surface area contributed by atoms with Gasteiger partial charge in [-0.05, 0) is 38.1 Å². The monoisotopic (exact) mass is 219 g/mol. The number of carbonyl (C=O) groups is 1. The number of piperidine rings is 1. The van der Waals surface area contributed by atoms with Crippen molar-refractivity contribution in [1.29, 1.82) is 0 Å². The van der Waals surface area contributed by atoms with E-state index in [0.29, 0.717) is 12.8 Å². The summed E-state index contributed by atoms with van der Waals surface area (Å²) in [5, 5.41) is 6.06. The van der Waals surface area contributed by atoms with Gasteiger partial charge in [-0.1, -0.05) is 18.2 Å². The molecular formula is C12H17N3O. The molecule has 1 heterocycles. The Bertz CT molecular complexity index is 358. The first kappa shape index (κ1) is 11.1. The molecule has 1 aliphatic rings. The lowest BCUT2D eigenvalue weighted by Gasteiger charge is -2.32. The first-order valence-electron chi connectivity index (χ1n) is 5.57. The summed E-state index contributed by atoms with van der Waals surface area (Å²) in [6.45, 7) is 1.61. The minimum absolute atomic E-state index is 0.0831. The summed E-state index contributed by atoms with van der Waals surface area (Å²) in [6, 6.07) is 9.42. The summed E-state index contributed by atoms with van der Waals surface area (Å²) >= 11 is 0. The van der Waals surface area contributed by atoms with Gasteiger partial charge < -0.3 is 16.4 Å². The van der Waals surface area contributed by atoms with Crippen LogP contribution in [0.3, 0.4) is 0 Å². The van der Waals surface area contributed by atoms with Crippen LogP contribution in [0.5, 0.6) is 0 Å². The fourth-order valence-corrected chi connectivity index (χ4v) is 1.88. The maximum Gasteiger partial charge on any atom is 0.244 e. The van der Waals surface area contributed by atoms with Crippen LogP contribution < -0.4 is 16.4 Å². The quantitative estimate of drug-likeness (QED) is 0.686. The molecule has 0 unspecified atom stereocenters. The molecular weight excluding hydrogens is 202 g/mol. The van der Waals surface area contributed by atoms with Gasteiger partial charge in [-0.3, -0.25) is 4.79 Å². The van der Waals surface area contributed by atoms with E-state index in [2.05, 4.69) is 10.6 Å². The third kappa shape index (κ3) is 2.40. The van der Waals surface area contributed by atoms with E-state index in [4.69, 9.17) is 5.73 Å². The van der Waals surface area contributed by atoms with Crippen molar-refractivity contribution >= 4 is 11.6 Å². The van der Waals surface area contributed by atoms with E-state index in [0.717, 1.165) is 18.8 Å². The Morgan fingerprint density at radius 3 is 2.50 bits per heavy atom. The zero-order chi connectivity index (χ0) is 11.4. The zero-order valence-corrected chi connectivity index (χ0v) is 9.20. The van der Waals surface area contributed by atoms with Crippen LogP contribution in [0.2, 0.25) is 0 Å². The molecule has 1 aliphatic heterocycles. The van der Waals surface area contributed by atoms with Crippen molar-refractivity contribution in [3.05, 3.63) is 30.3 Å². The number of benzene rings is 1. The summed E-state index contributed by atoms with van der Waals surface area (Å²) in [7, 11) is 0. The number of anilines is 1. The molecule has 1 aromatic rings. The minimum atomic E-state index is -0.721. The van der Waals surface area contributed by atoms with Crippen LogP contribution in [0.25, 0.3) is 0 Å². The third-order valence-electron chi connectivity index (χ3n) is 2.98. The molecule has 1 saturated heterocycles.